The number of nitrogens with two attached hydrogens (primary N) is 1. The lowest BCUT2D eigenvalue weighted by Gasteiger charge is -2.35. The second-order valence-corrected chi connectivity index (χ2v) is 6.03. The van der Waals surface area contributed by atoms with Crippen LogP contribution in [0.4, 0.5) is 13.2 Å². The molecule has 0 amide bonds. The first kappa shape index (κ1) is 19.3. The first-order valence-electron chi connectivity index (χ1n) is 7.76. The van der Waals surface area contributed by atoms with E-state index in [2.05, 4.69) is 4.99 Å². The van der Waals surface area contributed by atoms with Crippen molar-refractivity contribution in [3.63, 3.8) is 0 Å². The Kier molecular flexibility index (Phi) is 6.35. The molecule has 0 bridgehead atoms. The molecule has 0 spiro atoms. The molecule has 1 aromatic rings. The molecule has 1 saturated carbocycles. The first-order chi connectivity index (χ1) is 10.9. The van der Waals surface area contributed by atoms with E-state index >= 15 is 0 Å². The molecule has 1 aliphatic carbocycles. The Balaban J connectivity index is 0.00000208. The van der Waals surface area contributed by atoms with Gasteiger partial charge in [0, 0.05) is 13.1 Å². The van der Waals surface area contributed by atoms with Crippen LogP contribution in [-0.2, 0) is 10.9 Å². The summed E-state index contributed by atoms with van der Waals surface area (Å²) in [6, 6.07) is 5.67. The molecule has 0 unspecified atom stereocenters. The minimum Gasteiger partial charge on any atom is -0.378 e. The fourth-order valence-electron chi connectivity index (χ4n) is 3.00. The number of hydrogen-bond donors (Lipinski definition) is 1. The minimum atomic E-state index is -4.29. The van der Waals surface area contributed by atoms with Crippen LogP contribution in [0.25, 0.3) is 0 Å². The number of guanidine groups is 1. The van der Waals surface area contributed by atoms with E-state index in [1.165, 1.54) is 12.1 Å². The molecular weight excluding hydrogens is 434 g/mol. The number of hydrogen-bond acceptors (Lipinski definition) is 2. The van der Waals surface area contributed by atoms with Gasteiger partial charge >= 0.3 is 6.18 Å². The summed E-state index contributed by atoms with van der Waals surface area (Å²) >= 11 is 0. The van der Waals surface area contributed by atoms with Gasteiger partial charge in [0.2, 0.25) is 0 Å². The molecule has 3 rings (SSSR count). The zero-order valence-electron chi connectivity index (χ0n) is 13.1. The van der Waals surface area contributed by atoms with Crippen LogP contribution in [0.5, 0.6) is 0 Å². The molecule has 2 aliphatic rings. The van der Waals surface area contributed by atoms with E-state index in [0.717, 1.165) is 37.6 Å². The Morgan fingerprint density at radius 1 is 1.21 bits per heavy atom. The zero-order chi connectivity index (χ0) is 16.4. The Morgan fingerprint density at radius 3 is 2.50 bits per heavy atom. The summed E-state index contributed by atoms with van der Waals surface area (Å²) in [4.78, 5) is 6.48. The van der Waals surface area contributed by atoms with Crippen molar-refractivity contribution in [1.82, 2.24) is 4.90 Å². The van der Waals surface area contributed by atoms with Gasteiger partial charge < -0.3 is 15.4 Å². The van der Waals surface area contributed by atoms with E-state index in [-0.39, 0.29) is 35.9 Å². The number of alkyl halides is 3. The van der Waals surface area contributed by atoms with Crippen molar-refractivity contribution >= 4 is 29.9 Å². The van der Waals surface area contributed by atoms with Crippen molar-refractivity contribution in [1.29, 1.82) is 0 Å². The number of aliphatic imine (C=N–C) groups is 1. The first-order valence-corrected chi connectivity index (χ1v) is 7.76. The maximum atomic E-state index is 12.8. The number of morpholine rings is 1. The standard InChI is InChI=1S/C16H20F3N3O.HI/c17-16(18,19)13-3-1-2-11(8-13)12-9-14(10-12)21-15(20)22-4-6-23-7-5-22;/h1-3,8,12,14H,4-7,9-10H2,(H2,20,21);1H. The Morgan fingerprint density at radius 2 is 1.88 bits per heavy atom. The van der Waals surface area contributed by atoms with Gasteiger partial charge in [-0.2, -0.15) is 13.2 Å². The van der Waals surface area contributed by atoms with Crippen molar-refractivity contribution in [2.45, 2.75) is 31.0 Å². The van der Waals surface area contributed by atoms with Gasteiger partial charge in [-0.3, -0.25) is 0 Å². The molecule has 2 fully saturated rings. The number of rotatable bonds is 2. The lowest BCUT2D eigenvalue weighted by molar-refractivity contribution is -0.137. The summed E-state index contributed by atoms with van der Waals surface area (Å²) in [6.45, 7) is 2.76. The summed E-state index contributed by atoms with van der Waals surface area (Å²) in [5.41, 5.74) is 6.14. The van der Waals surface area contributed by atoms with Gasteiger partial charge in [0.15, 0.2) is 5.96 Å². The molecule has 4 nitrogen and oxygen atoms in total. The second-order valence-electron chi connectivity index (χ2n) is 6.03. The smallest absolute Gasteiger partial charge is 0.378 e. The monoisotopic (exact) mass is 455 g/mol. The molecule has 0 atom stereocenters. The van der Waals surface area contributed by atoms with Crippen molar-refractivity contribution in [2.75, 3.05) is 26.3 Å². The van der Waals surface area contributed by atoms with Crippen LogP contribution < -0.4 is 5.73 Å². The quantitative estimate of drug-likeness (QED) is 0.424. The lowest BCUT2D eigenvalue weighted by atomic mass is 9.76. The summed E-state index contributed by atoms with van der Waals surface area (Å²) in [6.07, 6.45) is -2.81. The van der Waals surface area contributed by atoms with E-state index in [0.29, 0.717) is 19.2 Å². The fraction of sp³-hybridized carbons (Fsp3) is 0.562. The van der Waals surface area contributed by atoms with Crippen LogP contribution in [0.15, 0.2) is 29.3 Å². The van der Waals surface area contributed by atoms with E-state index < -0.39 is 11.7 Å². The van der Waals surface area contributed by atoms with E-state index in [4.69, 9.17) is 10.5 Å². The maximum Gasteiger partial charge on any atom is 0.416 e. The topological polar surface area (TPSA) is 50.8 Å². The molecule has 1 aliphatic heterocycles. The molecular formula is C16H21F3IN3O. The molecule has 0 aromatic heterocycles. The highest BCUT2D eigenvalue weighted by molar-refractivity contribution is 14.0. The molecule has 1 heterocycles. The Hall–Kier alpha value is -1.03. The average molecular weight is 455 g/mol. The normalized spacial score (nSPS) is 25.0. The molecule has 0 radical (unpaired) electrons. The van der Waals surface area contributed by atoms with Crippen molar-refractivity contribution in [3.8, 4) is 0 Å². The third kappa shape index (κ3) is 4.53. The SMILES string of the molecule is I.NC(=NC1CC(c2cccc(C(F)(F)F)c2)C1)N1CCOCC1. The maximum absolute atomic E-state index is 12.8. The highest BCUT2D eigenvalue weighted by atomic mass is 127. The predicted octanol–water partition coefficient (Wildman–Crippen LogP) is 3.22. The van der Waals surface area contributed by atoms with E-state index in [1.54, 1.807) is 6.07 Å². The van der Waals surface area contributed by atoms with Gasteiger partial charge in [-0.05, 0) is 30.4 Å². The Labute approximate surface area is 156 Å². The fourth-order valence-corrected chi connectivity index (χ4v) is 3.00. The van der Waals surface area contributed by atoms with E-state index in [9.17, 15) is 13.2 Å². The predicted molar refractivity (Wildman–Crippen MR) is 96.6 cm³/mol. The lowest BCUT2D eigenvalue weighted by Crippen LogP contribution is -2.46. The minimum absolute atomic E-state index is 0. The second kappa shape index (κ2) is 7.90. The molecule has 24 heavy (non-hydrogen) atoms. The van der Waals surface area contributed by atoms with Crippen LogP contribution in [0.1, 0.15) is 29.9 Å². The van der Waals surface area contributed by atoms with Crippen LogP contribution in [0.3, 0.4) is 0 Å². The zero-order valence-corrected chi connectivity index (χ0v) is 15.5. The average Bonchev–Trinajstić information content (AvgIpc) is 2.50. The number of halogens is 4. The van der Waals surface area contributed by atoms with E-state index in [1.807, 2.05) is 4.90 Å². The largest absolute Gasteiger partial charge is 0.416 e. The van der Waals surface area contributed by atoms with Crippen molar-refractivity contribution in [3.05, 3.63) is 35.4 Å². The number of nitrogens with zero attached hydrogens (tertiary/aromatic N) is 2. The molecule has 1 aromatic carbocycles. The van der Waals surface area contributed by atoms with Gasteiger partial charge in [0.25, 0.3) is 0 Å². The Bertz CT molecular complexity index is 582. The molecule has 1 saturated heterocycles. The van der Waals surface area contributed by atoms with Crippen LogP contribution in [-0.4, -0.2) is 43.2 Å². The third-order valence-electron chi connectivity index (χ3n) is 4.45. The van der Waals surface area contributed by atoms with Crippen LogP contribution in [0.2, 0.25) is 0 Å². The van der Waals surface area contributed by atoms with Gasteiger partial charge in [-0.15, -0.1) is 24.0 Å². The van der Waals surface area contributed by atoms with Crippen LogP contribution >= 0.6 is 24.0 Å². The third-order valence-corrected chi connectivity index (χ3v) is 4.45. The van der Waals surface area contributed by atoms with Crippen LogP contribution in [0, 0.1) is 0 Å². The summed E-state index contributed by atoms with van der Waals surface area (Å²) in [5, 5.41) is 0. The summed E-state index contributed by atoms with van der Waals surface area (Å²) in [5.74, 6) is 0.643. The summed E-state index contributed by atoms with van der Waals surface area (Å²) in [7, 11) is 0. The molecule has 134 valence electrons. The van der Waals surface area contributed by atoms with Crippen molar-refractivity contribution < 1.29 is 17.9 Å². The van der Waals surface area contributed by atoms with Crippen molar-refractivity contribution in [2.24, 2.45) is 10.7 Å². The van der Waals surface area contributed by atoms with Gasteiger partial charge in [-0.25, -0.2) is 4.99 Å². The number of benzene rings is 1. The van der Waals surface area contributed by atoms with Gasteiger partial charge in [0.1, 0.15) is 0 Å². The molecule has 2 N–H and O–H groups in total. The van der Waals surface area contributed by atoms with Gasteiger partial charge in [-0.1, -0.05) is 18.2 Å². The molecule has 8 heteroatoms. The summed E-state index contributed by atoms with van der Waals surface area (Å²) < 4.78 is 43.5. The van der Waals surface area contributed by atoms with Gasteiger partial charge in [0.05, 0.1) is 24.8 Å². The number of ether oxygens (including phenoxy) is 1. The highest BCUT2D eigenvalue weighted by Gasteiger charge is 2.34. The highest BCUT2D eigenvalue weighted by Crippen LogP contribution is 2.40.